The first-order valence-corrected chi connectivity index (χ1v) is 8.51. The summed E-state index contributed by atoms with van der Waals surface area (Å²) in [5.74, 6) is 1.38. The molecule has 0 aliphatic carbocycles. The van der Waals surface area contributed by atoms with E-state index in [-0.39, 0.29) is 0 Å². The number of piperidine rings is 1. The van der Waals surface area contributed by atoms with Gasteiger partial charge in [0.1, 0.15) is 17.2 Å². The predicted octanol–water partition coefficient (Wildman–Crippen LogP) is 3.52. The van der Waals surface area contributed by atoms with Gasteiger partial charge in [-0.25, -0.2) is 9.97 Å². The normalized spacial score (nSPS) is 19.6. The molecule has 4 nitrogen and oxygen atoms in total. The Morgan fingerprint density at radius 3 is 3.24 bits per heavy atom. The highest BCUT2D eigenvalue weighted by Gasteiger charge is 2.20. The van der Waals surface area contributed by atoms with Gasteiger partial charge in [-0.3, -0.25) is 4.90 Å². The molecule has 2 aromatic heterocycles. The third-order valence-corrected chi connectivity index (χ3v) is 4.93. The summed E-state index contributed by atoms with van der Waals surface area (Å²) >= 11 is 7.91. The quantitative estimate of drug-likeness (QED) is 0.914. The van der Waals surface area contributed by atoms with Crippen molar-refractivity contribution in [3.63, 3.8) is 0 Å². The van der Waals surface area contributed by atoms with Crippen LogP contribution in [0.4, 0.5) is 5.82 Å². The molecule has 112 valence electrons. The largest absolute Gasteiger partial charge is 0.368 e. The third-order valence-electron chi connectivity index (χ3n) is 3.79. The number of likely N-dealkylation sites (tertiary alicyclic amines) is 1. The second-order valence-corrected chi connectivity index (χ2v) is 6.86. The Balaban J connectivity index is 1.51. The summed E-state index contributed by atoms with van der Waals surface area (Å²) in [4.78, 5) is 12.1. The number of hydrogen-bond acceptors (Lipinski definition) is 5. The lowest BCUT2D eigenvalue weighted by Crippen LogP contribution is -2.37. The van der Waals surface area contributed by atoms with Crippen LogP contribution in [0.5, 0.6) is 0 Å². The Kier molecular flexibility index (Phi) is 5.06. The Morgan fingerprint density at radius 2 is 2.43 bits per heavy atom. The number of nitrogens with zero attached hydrogens (tertiary/aromatic N) is 3. The van der Waals surface area contributed by atoms with E-state index in [9.17, 15) is 0 Å². The maximum atomic E-state index is 6.07. The van der Waals surface area contributed by atoms with Gasteiger partial charge in [0, 0.05) is 24.5 Å². The van der Waals surface area contributed by atoms with Crippen LogP contribution in [0.3, 0.4) is 0 Å². The van der Waals surface area contributed by atoms with Crippen LogP contribution in [0.2, 0.25) is 5.02 Å². The highest BCUT2D eigenvalue weighted by atomic mass is 35.5. The first-order chi connectivity index (χ1) is 10.3. The van der Waals surface area contributed by atoms with Crippen molar-refractivity contribution in [1.29, 1.82) is 0 Å². The molecule has 3 rings (SSSR count). The van der Waals surface area contributed by atoms with Gasteiger partial charge in [0.05, 0.1) is 6.20 Å². The van der Waals surface area contributed by atoms with E-state index in [0.29, 0.717) is 10.9 Å². The molecule has 1 N–H and O–H groups in total. The van der Waals surface area contributed by atoms with E-state index in [4.69, 9.17) is 11.6 Å². The lowest BCUT2D eigenvalue weighted by molar-refractivity contribution is 0.174. The van der Waals surface area contributed by atoms with E-state index < -0.39 is 0 Å². The minimum absolute atomic E-state index is 0.587. The van der Waals surface area contributed by atoms with E-state index >= 15 is 0 Å². The lowest BCUT2D eigenvalue weighted by Gasteiger charge is -2.32. The topological polar surface area (TPSA) is 41.1 Å². The molecule has 1 saturated heterocycles. The fourth-order valence-electron chi connectivity index (χ4n) is 2.77. The molecule has 6 heteroatoms. The monoisotopic (exact) mass is 322 g/mol. The minimum atomic E-state index is 0.587. The zero-order chi connectivity index (χ0) is 14.5. The van der Waals surface area contributed by atoms with Crippen LogP contribution in [0.15, 0.2) is 30.0 Å². The highest BCUT2D eigenvalue weighted by molar-refractivity contribution is 7.09. The molecule has 0 radical (unpaired) electrons. The first-order valence-electron chi connectivity index (χ1n) is 7.25. The molecule has 1 atom stereocenters. The van der Waals surface area contributed by atoms with Gasteiger partial charge in [0.15, 0.2) is 0 Å². The summed E-state index contributed by atoms with van der Waals surface area (Å²) in [7, 11) is 0. The van der Waals surface area contributed by atoms with Gasteiger partial charge in [0.25, 0.3) is 0 Å². The molecule has 2 aromatic rings. The van der Waals surface area contributed by atoms with E-state index in [1.807, 2.05) is 11.3 Å². The Hall–Kier alpha value is -1.17. The molecule has 0 spiro atoms. The van der Waals surface area contributed by atoms with Gasteiger partial charge in [-0.2, -0.15) is 0 Å². The number of rotatable bonds is 5. The maximum absolute atomic E-state index is 6.07. The summed E-state index contributed by atoms with van der Waals surface area (Å²) in [6.45, 7) is 4.32. The van der Waals surface area contributed by atoms with Gasteiger partial charge < -0.3 is 5.32 Å². The number of anilines is 1. The van der Waals surface area contributed by atoms with Crippen molar-refractivity contribution in [2.24, 2.45) is 5.92 Å². The Bertz CT molecular complexity index is 561. The number of aromatic nitrogens is 2. The zero-order valence-electron chi connectivity index (χ0n) is 11.8. The van der Waals surface area contributed by atoms with Crippen LogP contribution in [-0.4, -0.2) is 34.5 Å². The highest BCUT2D eigenvalue weighted by Crippen LogP contribution is 2.22. The van der Waals surface area contributed by atoms with Crippen LogP contribution in [0.25, 0.3) is 0 Å². The Labute approximate surface area is 134 Å². The van der Waals surface area contributed by atoms with Crippen molar-refractivity contribution in [2.45, 2.75) is 19.4 Å². The van der Waals surface area contributed by atoms with Crippen LogP contribution in [-0.2, 0) is 6.54 Å². The maximum Gasteiger partial charge on any atom is 0.148 e. The molecule has 21 heavy (non-hydrogen) atoms. The standard InChI is InChI=1S/C15H19ClN4S/c16-14-8-17-11-19-15(14)18-7-12-3-1-5-20(9-12)10-13-4-2-6-21-13/h2,4,6,8,11-12H,1,3,5,7,9-10H2,(H,17,18,19). The zero-order valence-corrected chi connectivity index (χ0v) is 13.4. The SMILES string of the molecule is Clc1cncnc1NCC1CCCN(Cc2cccs2)C1. The van der Waals surface area contributed by atoms with Gasteiger partial charge >= 0.3 is 0 Å². The molecular formula is C15H19ClN4S. The first kappa shape index (κ1) is 14.8. The molecule has 0 aromatic carbocycles. The van der Waals surface area contributed by atoms with Crippen molar-refractivity contribution in [3.8, 4) is 0 Å². The van der Waals surface area contributed by atoms with Crippen LogP contribution in [0, 0.1) is 5.92 Å². The number of hydrogen-bond donors (Lipinski definition) is 1. The van der Waals surface area contributed by atoms with E-state index in [1.54, 1.807) is 6.20 Å². The van der Waals surface area contributed by atoms with Gasteiger partial charge in [0.2, 0.25) is 0 Å². The molecule has 1 unspecified atom stereocenters. The van der Waals surface area contributed by atoms with Crippen LogP contribution < -0.4 is 5.32 Å². The molecular weight excluding hydrogens is 304 g/mol. The summed E-state index contributed by atoms with van der Waals surface area (Å²) < 4.78 is 0. The summed E-state index contributed by atoms with van der Waals surface area (Å²) in [6.07, 6.45) is 5.67. The number of halogens is 1. The fourth-order valence-corrected chi connectivity index (χ4v) is 3.69. The third kappa shape index (κ3) is 4.15. The fraction of sp³-hybridized carbons (Fsp3) is 0.467. The van der Waals surface area contributed by atoms with Crippen molar-refractivity contribution >= 4 is 28.8 Å². The van der Waals surface area contributed by atoms with Gasteiger partial charge in [-0.05, 0) is 36.8 Å². The second-order valence-electron chi connectivity index (χ2n) is 5.42. The average Bonchev–Trinajstić information content (AvgIpc) is 3.00. The number of thiophene rings is 1. The van der Waals surface area contributed by atoms with Gasteiger partial charge in [-0.15, -0.1) is 11.3 Å². The lowest BCUT2D eigenvalue weighted by atomic mass is 9.98. The number of nitrogens with one attached hydrogen (secondary N) is 1. The average molecular weight is 323 g/mol. The van der Waals surface area contributed by atoms with E-state index in [2.05, 4.69) is 37.7 Å². The molecule has 0 bridgehead atoms. The van der Waals surface area contributed by atoms with E-state index in [1.165, 1.54) is 30.6 Å². The smallest absolute Gasteiger partial charge is 0.148 e. The van der Waals surface area contributed by atoms with Gasteiger partial charge in [-0.1, -0.05) is 17.7 Å². The van der Waals surface area contributed by atoms with Crippen molar-refractivity contribution in [1.82, 2.24) is 14.9 Å². The summed E-state index contributed by atoms with van der Waals surface area (Å²) in [5, 5.41) is 6.09. The second kappa shape index (κ2) is 7.20. The van der Waals surface area contributed by atoms with Crippen molar-refractivity contribution in [2.75, 3.05) is 25.0 Å². The molecule has 0 saturated carbocycles. The van der Waals surface area contributed by atoms with E-state index in [0.717, 1.165) is 25.5 Å². The van der Waals surface area contributed by atoms with Crippen molar-refractivity contribution < 1.29 is 0 Å². The molecule has 1 fully saturated rings. The Morgan fingerprint density at radius 1 is 1.48 bits per heavy atom. The molecule has 1 aliphatic rings. The summed E-state index contributed by atoms with van der Waals surface area (Å²) in [5.41, 5.74) is 0. The van der Waals surface area contributed by atoms with Crippen LogP contribution >= 0.6 is 22.9 Å². The molecule has 0 amide bonds. The molecule has 3 heterocycles. The van der Waals surface area contributed by atoms with Crippen molar-refractivity contribution in [3.05, 3.63) is 39.9 Å². The predicted molar refractivity (Wildman–Crippen MR) is 87.9 cm³/mol. The van der Waals surface area contributed by atoms with Crippen LogP contribution in [0.1, 0.15) is 17.7 Å². The molecule has 1 aliphatic heterocycles. The minimum Gasteiger partial charge on any atom is -0.368 e. The summed E-state index contributed by atoms with van der Waals surface area (Å²) in [6, 6.07) is 4.34.